The van der Waals surface area contributed by atoms with Gasteiger partial charge >= 0.3 is 5.97 Å². The van der Waals surface area contributed by atoms with Crippen LogP contribution in [0.2, 0.25) is 5.02 Å². The lowest BCUT2D eigenvalue weighted by atomic mass is 9.71. The number of morpholine rings is 1. The molecule has 39 heavy (non-hydrogen) atoms. The number of fused-ring (bicyclic) bond motifs is 1. The van der Waals surface area contributed by atoms with Crippen molar-refractivity contribution in [3.05, 3.63) is 47.0 Å². The van der Waals surface area contributed by atoms with E-state index in [1.54, 1.807) is 6.07 Å². The number of carboxylic acid groups (broad SMARTS) is 1. The number of hydrogen-bond acceptors (Lipinski definition) is 5. The van der Waals surface area contributed by atoms with Crippen molar-refractivity contribution < 1.29 is 19.7 Å². The first-order chi connectivity index (χ1) is 18.7. The first-order valence-electron chi connectivity index (χ1n) is 13.2. The summed E-state index contributed by atoms with van der Waals surface area (Å²) in [5.74, 6) is -0.383. The number of carboxylic acids is 1. The van der Waals surface area contributed by atoms with Gasteiger partial charge in [-0.2, -0.15) is 5.26 Å². The number of nitrogens with zero attached hydrogens (tertiary/aromatic N) is 2. The summed E-state index contributed by atoms with van der Waals surface area (Å²) in [7, 11) is 0. The Kier molecular flexibility index (Phi) is 10.3. The van der Waals surface area contributed by atoms with E-state index in [9.17, 15) is 15.2 Å². The molecule has 0 atom stereocenters. The number of anilines is 1. The number of nitrogens with one attached hydrogen (secondary N) is 1. The molecule has 2 fully saturated rings. The van der Waals surface area contributed by atoms with Crippen LogP contribution in [-0.2, 0) is 9.53 Å². The lowest BCUT2D eigenvalue weighted by Crippen LogP contribution is -2.36. The van der Waals surface area contributed by atoms with Crippen molar-refractivity contribution in [3.63, 3.8) is 0 Å². The van der Waals surface area contributed by atoms with Crippen molar-refractivity contribution in [2.24, 2.45) is 11.3 Å². The fraction of sp³-hybridized carbons (Fsp3) is 0.419. The molecule has 1 saturated carbocycles. The predicted molar refractivity (Wildman–Crippen MR) is 156 cm³/mol. The third-order valence-corrected chi connectivity index (χ3v) is 8.02. The highest BCUT2D eigenvalue weighted by atomic mass is 35.5. The molecule has 0 radical (unpaired) electrons. The van der Waals surface area contributed by atoms with E-state index in [0.717, 1.165) is 56.0 Å². The quantitative estimate of drug-likeness (QED) is 0.308. The van der Waals surface area contributed by atoms with Gasteiger partial charge in [0, 0.05) is 29.7 Å². The van der Waals surface area contributed by atoms with Crippen molar-refractivity contribution >= 4 is 34.2 Å². The van der Waals surface area contributed by atoms with Crippen molar-refractivity contribution in [1.82, 2.24) is 4.98 Å². The van der Waals surface area contributed by atoms with Gasteiger partial charge in [-0.05, 0) is 62.4 Å². The molecule has 2 aliphatic rings. The smallest absolute Gasteiger partial charge is 0.309 e. The minimum atomic E-state index is -0.644. The second kappa shape index (κ2) is 13.4. The molecule has 3 N–H and O–H groups in total. The number of aliphatic carboxylic acids is 1. The number of hydrogen-bond donors (Lipinski definition) is 3. The van der Waals surface area contributed by atoms with Crippen LogP contribution in [0, 0.1) is 35.5 Å². The molecule has 206 valence electrons. The third kappa shape index (κ3) is 6.87. The van der Waals surface area contributed by atoms with Crippen LogP contribution in [0.15, 0.2) is 36.4 Å². The SMILES string of the molecule is C#C.CC(C)(C(=O)O)C1CCCCC1.N#Cc1c(O)[nH]c2cc(Cl)c(-c3ccc(N4CCOCC4)cc3)cc12. The number of nitriles is 1. The van der Waals surface area contributed by atoms with E-state index in [0.29, 0.717) is 21.8 Å². The highest BCUT2D eigenvalue weighted by Crippen LogP contribution is 2.38. The summed E-state index contributed by atoms with van der Waals surface area (Å²) in [6.07, 6.45) is 13.9. The summed E-state index contributed by atoms with van der Waals surface area (Å²) >= 11 is 6.42. The molecular formula is C31H36ClN3O4. The van der Waals surface area contributed by atoms with E-state index in [2.05, 4.69) is 34.9 Å². The molecule has 7 nitrogen and oxygen atoms in total. The topological polar surface area (TPSA) is 110 Å². The number of rotatable bonds is 4. The zero-order valence-electron chi connectivity index (χ0n) is 22.5. The molecule has 1 aromatic heterocycles. The van der Waals surface area contributed by atoms with Crippen LogP contribution < -0.4 is 4.90 Å². The molecule has 1 aliphatic heterocycles. The summed E-state index contributed by atoms with van der Waals surface area (Å²) in [6.45, 7) is 6.98. The molecule has 2 heterocycles. The fourth-order valence-electron chi connectivity index (χ4n) is 5.21. The average Bonchev–Trinajstić information content (AvgIpc) is 3.28. The summed E-state index contributed by atoms with van der Waals surface area (Å²) in [5.41, 5.74) is 3.32. The van der Waals surface area contributed by atoms with Crippen molar-refractivity contribution in [1.29, 1.82) is 5.26 Å². The number of benzene rings is 2. The second-order valence-corrected chi connectivity index (χ2v) is 10.8. The van der Waals surface area contributed by atoms with Gasteiger partial charge in [0.25, 0.3) is 0 Å². The van der Waals surface area contributed by atoms with E-state index < -0.39 is 11.4 Å². The van der Waals surface area contributed by atoms with Gasteiger partial charge < -0.3 is 24.8 Å². The summed E-state index contributed by atoms with van der Waals surface area (Å²) in [4.78, 5) is 16.0. The molecule has 2 aromatic carbocycles. The van der Waals surface area contributed by atoms with E-state index in [1.165, 1.54) is 19.3 Å². The zero-order valence-corrected chi connectivity index (χ0v) is 23.3. The molecule has 0 unspecified atom stereocenters. The Bertz CT molecular complexity index is 1330. The van der Waals surface area contributed by atoms with Gasteiger partial charge in [-0.25, -0.2) is 0 Å². The van der Waals surface area contributed by atoms with Crippen LogP contribution in [0.25, 0.3) is 22.0 Å². The van der Waals surface area contributed by atoms with Crippen LogP contribution in [0.5, 0.6) is 5.88 Å². The summed E-state index contributed by atoms with van der Waals surface area (Å²) < 4.78 is 5.39. The Hall–Kier alpha value is -3.65. The molecule has 1 aliphatic carbocycles. The third-order valence-electron chi connectivity index (χ3n) is 7.71. The van der Waals surface area contributed by atoms with E-state index in [4.69, 9.17) is 21.4 Å². The molecule has 1 saturated heterocycles. The number of aromatic nitrogens is 1. The number of terminal acetylenes is 1. The standard InChI is InChI=1S/C19H16ClN3O2.C10H18O2.C2H2/c20-17-10-18-15(16(11-21)19(24)22-18)9-14(17)12-1-3-13(4-2-12)23-5-7-25-8-6-23;1-10(2,9(11)12)8-6-4-3-5-7-8;1-2/h1-4,9-10,22,24H,5-8H2;8H,3-7H2,1-2H3,(H,11,12);1-2H. The van der Waals surface area contributed by atoms with Gasteiger partial charge in [-0.1, -0.05) is 43.0 Å². The number of aromatic amines is 1. The van der Waals surface area contributed by atoms with Crippen molar-refractivity contribution in [3.8, 4) is 35.9 Å². The number of halogens is 1. The van der Waals surface area contributed by atoms with Crippen molar-refractivity contribution in [2.45, 2.75) is 46.0 Å². The first kappa shape index (κ1) is 29.9. The molecule has 3 aromatic rings. The van der Waals surface area contributed by atoms with Gasteiger partial charge in [0.15, 0.2) is 0 Å². The Morgan fingerprint density at radius 2 is 1.74 bits per heavy atom. The lowest BCUT2D eigenvalue weighted by Gasteiger charge is -2.33. The van der Waals surface area contributed by atoms with Gasteiger partial charge in [-0.15, -0.1) is 12.8 Å². The lowest BCUT2D eigenvalue weighted by molar-refractivity contribution is -0.150. The Balaban J connectivity index is 0.000000253. The van der Waals surface area contributed by atoms with E-state index in [-0.39, 0.29) is 11.4 Å². The molecule has 0 spiro atoms. The molecule has 8 heteroatoms. The summed E-state index contributed by atoms with van der Waals surface area (Å²) in [6, 6.07) is 13.8. The van der Waals surface area contributed by atoms with Gasteiger partial charge in [0.1, 0.15) is 11.6 Å². The maximum absolute atomic E-state index is 10.9. The molecule has 0 bridgehead atoms. The maximum atomic E-state index is 10.9. The van der Waals surface area contributed by atoms with Crippen LogP contribution in [-0.4, -0.2) is 47.5 Å². The van der Waals surface area contributed by atoms with Crippen molar-refractivity contribution in [2.75, 3.05) is 31.2 Å². The average molecular weight is 550 g/mol. The number of ether oxygens (including phenoxy) is 1. The Labute approximate surface area is 235 Å². The van der Waals surface area contributed by atoms with Gasteiger partial charge in [0.05, 0.1) is 29.2 Å². The second-order valence-electron chi connectivity index (χ2n) is 10.3. The highest BCUT2D eigenvalue weighted by molar-refractivity contribution is 6.34. The molecule has 0 amide bonds. The van der Waals surface area contributed by atoms with Crippen LogP contribution in [0.3, 0.4) is 0 Å². The minimum Gasteiger partial charge on any atom is -0.494 e. The fourth-order valence-corrected chi connectivity index (χ4v) is 5.48. The molecule has 5 rings (SSSR count). The first-order valence-corrected chi connectivity index (χ1v) is 13.5. The number of carbonyl (C=O) groups is 1. The highest BCUT2D eigenvalue weighted by Gasteiger charge is 2.36. The van der Waals surface area contributed by atoms with E-state index >= 15 is 0 Å². The predicted octanol–water partition coefficient (Wildman–Crippen LogP) is 6.83. The van der Waals surface area contributed by atoms with Crippen LogP contribution in [0.4, 0.5) is 5.69 Å². The number of H-pyrrole nitrogens is 1. The zero-order chi connectivity index (χ0) is 28.6. The van der Waals surface area contributed by atoms with Crippen LogP contribution in [0.1, 0.15) is 51.5 Å². The minimum absolute atomic E-state index is 0.131. The largest absolute Gasteiger partial charge is 0.494 e. The maximum Gasteiger partial charge on any atom is 0.309 e. The van der Waals surface area contributed by atoms with Gasteiger partial charge in [-0.3, -0.25) is 4.79 Å². The normalized spacial score (nSPS) is 15.8. The molecular weight excluding hydrogens is 514 g/mol. The number of aromatic hydroxyl groups is 1. The monoisotopic (exact) mass is 549 g/mol. The Morgan fingerprint density at radius 1 is 1.13 bits per heavy atom. The van der Waals surface area contributed by atoms with Gasteiger partial charge in [0.2, 0.25) is 5.88 Å². The van der Waals surface area contributed by atoms with E-state index in [1.807, 2.05) is 38.1 Å². The van der Waals surface area contributed by atoms with Crippen LogP contribution >= 0.6 is 11.6 Å². The summed E-state index contributed by atoms with van der Waals surface area (Å²) in [5, 5.41) is 29.3. The Morgan fingerprint density at radius 3 is 2.31 bits per heavy atom.